The van der Waals surface area contributed by atoms with E-state index in [0.717, 1.165) is 37.4 Å². The minimum Gasteiger partial charge on any atom is -0.496 e. The molecule has 2 aromatic rings. The number of amides is 2. The molecule has 2 N–H and O–H groups in total. The number of likely N-dealkylation sites (N-methyl/N-ethyl adjacent to an activating group) is 1. The third-order valence-corrected chi connectivity index (χ3v) is 5.88. The van der Waals surface area contributed by atoms with Crippen molar-refractivity contribution in [3.63, 3.8) is 0 Å². The SMILES string of the molecule is COc1ccccc1C(=O)NC(C(=O)NCc1ccccc1N1CCN(C)CC1)C(C)C. The first kappa shape index (κ1) is 23.6. The number of para-hydroxylation sites is 2. The molecular formula is C25H34N4O3. The van der Waals surface area contributed by atoms with Gasteiger partial charge in [-0.25, -0.2) is 0 Å². The van der Waals surface area contributed by atoms with E-state index in [1.54, 1.807) is 24.3 Å². The number of rotatable bonds is 8. The van der Waals surface area contributed by atoms with E-state index >= 15 is 0 Å². The number of nitrogens with one attached hydrogen (secondary N) is 2. The highest BCUT2D eigenvalue weighted by molar-refractivity contribution is 5.99. The summed E-state index contributed by atoms with van der Waals surface area (Å²) in [6.45, 7) is 8.22. The van der Waals surface area contributed by atoms with Gasteiger partial charge in [-0.2, -0.15) is 0 Å². The number of carbonyl (C=O) groups excluding carboxylic acids is 2. The fourth-order valence-electron chi connectivity index (χ4n) is 3.89. The lowest BCUT2D eigenvalue weighted by atomic mass is 10.0. The van der Waals surface area contributed by atoms with Gasteiger partial charge in [-0.15, -0.1) is 0 Å². The number of anilines is 1. The van der Waals surface area contributed by atoms with Crippen molar-refractivity contribution in [3.8, 4) is 5.75 Å². The number of benzene rings is 2. The van der Waals surface area contributed by atoms with Crippen LogP contribution in [0.3, 0.4) is 0 Å². The van der Waals surface area contributed by atoms with Crippen molar-refractivity contribution in [3.05, 3.63) is 59.7 Å². The highest BCUT2D eigenvalue weighted by atomic mass is 16.5. The minimum absolute atomic E-state index is 0.0680. The zero-order valence-electron chi connectivity index (χ0n) is 19.4. The van der Waals surface area contributed by atoms with Gasteiger partial charge in [0.1, 0.15) is 11.8 Å². The molecule has 7 nitrogen and oxygen atoms in total. The first-order chi connectivity index (χ1) is 15.4. The molecule has 0 aromatic heterocycles. The molecule has 1 atom stereocenters. The second-order valence-corrected chi connectivity index (χ2v) is 8.53. The molecule has 0 bridgehead atoms. The molecule has 2 amide bonds. The van der Waals surface area contributed by atoms with Gasteiger partial charge in [-0.05, 0) is 36.7 Å². The molecule has 1 aliphatic rings. The molecule has 1 fully saturated rings. The average molecular weight is 439 g/mol. The monoisotopic (exact) mass is 438 g/mol. The van der Waals surface area contributed by atoms with Crippen molar-refractivity contribution >= 4 is 17.5 Å². The Kier molecular flexibility index (Phi) is 8.11. The van der Waals surface area contributed by atoms with E-state index in [4.69, 9.17) is 4.74 Å². The number of hydrogen-bond acceptors (Lipinski definition) is 5. The van der Waals surface area contributed by atoms with E-state index in [-0.39, 0.29) is 17.7 Å². The maximum atomic E-state index is 13.0. The van der Waals surface area contributed by atoms with Gasteiger partial charge in [-0.1, -0.05) is 44.2 Å². The summed E-state index contributed by atoms with van der Waals surface area (Å²) in [5.74, 6) is -0.110. The normalized spacial score (nSPS) is 15.3. The fourth-order valence-corrected chi connectivity index (χ4v) is 3.89. The number of methoxy groups -OCH3 is 1. The van der Waals surface area contributed by atoms with Crippen LogP contribution in [0.1, 0.15) is 29.8 Å². The molecule has 0 radical (unpaired) electrons. The smallest absolute Gasteiger partial charge is 0.255 e. The van der Waals surface area contributed by atoms with Gasteiger partial charge in [0.2, 0.25) is 5.91 Å². The first-order valence-corrected chi connectivity index (χ1v) is 11.1. The third kappa shape index (κ3) is 5.79. The zero-order chi connectivity index (χ0) is 23.1. The minimum atomic E-state index is -0.650. The number of carbonyl (C=O) groups is 2. The Labute approximate surface area is 190 Å². The summed E-state index contributed by atoms with van der Waals surface area (Å²) < 4.78 is 5.28. The average Bonchev–Trinajstić information content (AvgIpc) is 2.81. The van der Waals surface area contributed by atoms with Crippen molar-refractivity contribution in [1.82, 2.24) is 15.5 Å². The van der Waals surface area contributed by atoms with E-state index in [1.165, 1.54) is 7.11 Å². The predicted molar refractivity (Wildman–Crippen MR) is 127 cm³/mol. The van der Waals surface area contributed by atoms with Crippen molar-refractivity contribution < 1.29 is 14.3 Å². The lowest BCUT2D eigenvalue weighted by Crippen LogP contribution is -2.49. The lowest BCUT2D eigenvalue weighted by Gasteiger charge is -2.35. The van der Waals surface area contributed by atoms with Crippen LogP contribution in [0.5, 0.6) is 5.75 Å². The van der Waals surface area contributed by atoms with E-state index in [9.17, 15) is 9.59 Å². The number of piperazine rings is 1. The summed E-state index contributed by atoms with van der Waals surface area (Å²) in [5.41, 5.74) is 2.64. The predicted octanol–water partition coefficient (Wildman–Crippen LogP) is 2.52. The maximum absolute atomic E-state index is 13.0. The maximum Gasteiger partial charge on any atom is 0.255 e. The summed E-state index contributed by atoms with van der Waals surface area (Å²) in [5, 5.41) is 5.91. The van der Waals surface area contributed by atoms with Gasteiger partial charge in [0.05, 0.1) is 12.7 Å². The Morgan fingerprint density at radius 2 is 1.66 bits per heavy atom. The van der Waals surface area contributed by atoms with E-state index in [1.807, 2.05) is 32.0 Å². The quantitative estimate of drug-likeness (QED) is 0.663. The molecule has 0 saturated carbocycles. The molecule has 0 spiro atoms. The zero-order valence-corrected chi connectivity index (χ0v) is 19.4. The van der Waals surface area contributed by atoms with Crippen molar-refractivity contribution in [2.24, 2.45) is 5.92 Å². The van der Waals surface area contributed by atoms with Crippen LogP contribution >= 0.6 is 0 Å². The summed E-state index contributed by atoms with van der Waals surface area (Å²) in [6, 6.07) is 14.5. The van der Waals surface area contributed by atoms with E-state index < -0.39 is 6.04 Å². The van der Waals surface area contributed by atoms with Crippen LogP contribution in [0, 0.1) is 5.92 Å². The molecule has 0 aliphatic carbocycles. The Bertz CT molecular complexity index is 923. The van der Waals surface area contributed by atoms with Crippen LogP contribution in [0.25, 0.3) is 0 Å². The number of ether oxygens (including phenoxy) is 1. The molecule has 7 heteroatoms. The lowest BCUT2D eigenvalue weighted by molar-refractivity contribution is -0.124. The third-order valence-electron chi connectivity index (χ3n) is 5.88. The van der Waals surface area contributed by atoms with Gasteiger partial charge in [-0.3, -0.25) is 9.59 Å². The molecule has 1 saturated heterocycles. The van der Waals surface area contributed by atoms with Gasteiger partial charge in [0, 0.05) is 38.4 Å². The van der Waals surface area contributed by atoms with E-state index in [2.05, 4.69) is 33.5 Å². The van der Waals surface area contributed by atoms with Gasteiger partial charge in [0.15, 0.2) is 0 Å². The Morgan fingerprint density at radius 1 is 1.00 bits per heavy atom. The Hall–Kier alpha value is -3.06. The fraction of sp³-hybridized carbons (Fsp3) is 0.440. The summed E-state index contributed by atoms with van der Waals surface area (Å²) in [6.07, 6.45) is 0. The van der Waals surface area contributed by atoms with Gasteiger partial charge >= 0.3 is 0 Å². The van der Waals surface area contributed by atoms with Crippen LogP contribution in [0.2, 0.25) is 0 Å². The van der Waals surface area contributed by atoms with Gasteiger partial charge in [0.25, 0.3) is 5.91 Å². The molecule has 2 aromatic carbocycles. The highest BCUT2D eigenvalue weighted by Gasteiger charge is 2.26. The van der Waals surface area contributed by atoms with Gasteiger partial charge < -0.3 is 25.2 Å². The first-order valence-electron chi connectivity index (χ1n) is 11.1. The van der Waals surface area contributed by atoms with E-state index in [0.29, 0.717) is 17.9 Å². The molecule has 3 rings (SSSR count). The Balaban J connectivity index is 1.67. The van der Waals surface area contributed by atoms with Crippen molar-refractivity contribution in [2.45, 2.75) is 26.4 Å². The molecule has 1 heterocycles. The highest BCUT2D eigenvalue weighted by Crippen LogP contribution is 2.22. The van der Waals surface area contributed by atoms with Crippen LogP contribution in [-0.4, -0.2) is 63.1 Å². The molecule has 1 unspecified atom stereocenters. The number of nitrogens with zero attached hydrogens (tertiary/aromatic N) is 2. The van der Waals surface area contributed by atoms with Crippen LogP contribution in [0.15, 0.2) is 48.5 Å². The van der Waals surface area contributed by atoms with Crippen LogP contribution < -0.4 is 20.3 Å². The molecule has 172 valence electrons. The second kappa shape index (κ2) is 11.0. The Morgan fingerprint density at radius 3 is 2.34 bits per heavy atom. The molecular weight excluding hydrogens is 404 g/mol. The molecule has 1 aliphatic heterocycles. The number of hydrogen-bond donors (Lipinski definition) is 2. The summed E-state index contributed by atoms with van der Waals surface area (Å²) in [4.78, 5) is 30.5. The summed E-state index contributed by atoms with van der Waals surface area (Å²) in [7, 11) is 3.66. The largest absolute Gasteiger partial charge is 0.496 e. The van der Waals surface area contributed by atoms with Crippen molar-refractivity contribution in [1.29, 1.82) is 0 Å². The van der Waals surface area contributed by atoms with Crippen LogP contribution in [0.4, 0.5) is 5.69 Å². The van der Waals surface area contributed by atoms with Crippen molar-refractivity contribution in [2.75, 3.05) is 45.2 Å². The van der Waals surface area contributed by atoms with Crippen LogP contribution in [-0.2, 0) is 11.3 Å². The standard InChI is InChI=1S/C25H34N4O3/c1-18(2)23(27-24(30)20-10-6-8-12-22(20)32-4)25(31)26-17-19-9-5-7-11-21(19)29-15-13-28(3)14-16-29/h5-12,18,23H,13-17H2,1-4H3,(H,26,31)(H,27,30). The summed E-state index contributed by atoms with van der Waals surface area (Å²) >= 11 is 0. The second-order valence-electron chi connectivity index (χ2n) is 8.53. The molecule has 32 heavy (non-hydrogen) atoms. The topological polar surface area (TPSA) is 73.9 Å².